The van der Waals surface area contributed by atoms with Gasteiger partial charge in [-0.1, -0.05) is 0 Å². The number of nitrogen functional groups attached to an aromatic ring is 1. The predicted octanol–water partition coefficient (Wildman–Crippen LogP) is 2.79. The Labute approximate surface area is 84.8 Å². The van der Waals surface area contributed by atoms with Crippen LogP contribution < -0.4 is 5.73 Å². The maximum absolute atomic E-state index is 13.8. The molecule has 1 rings (SSSR count). The van der Waals surface area contributed by atoms with E-state index in [-0.39, 0.29) is 5.82 Å². The average Bonchev–Trinajstić information content (AvgIpc) is 1.79. The van der Waals surface area contributed by atoms with E-state index in [0.717, 1.165) is 4.90 Å². The van der Waals surface area contributed by atoms with Gasteiger partial charge >= 0.3 is 0 Å². The number of hydrogen-bond acceptors (Lipinski definition) is 1. The van der Waals surface area contributed by atoms with Crippen LogP contribution in [-0.2, 0) is 0 Å². The monoisotopic (exact) mass is 217 g/mol. The van der Waals surface area contributed by atoms with Crippen molar-refractivity contribution >= 4 is 14.0 Å². The molecular formula is C11H20FNS. The summed E-state index contributed by atoms with van der Waals surface area (Å²) in [6.07, 6.45) is 10.7. The van der Waals surface area contributed by atoms with Crippen LogP contribution in [0.3, 0.4) is 0 Å². The van der Waals surface area contributed by atoms with Crippen LogP contribution in [0.4, 0.5) is 10.1 Å². The topological polar surface area (TPSA) is 26.0 Å². The summed E-state index contributed by atoms with van der Waals surface area (Å²) in [7, 11) is -2.43. The molecule has 0 aromatic heterocycles. The summed E-state index contributed by atoms with van der Waals surface area (Å²) in [5.74, 6) is -0.191. The minimum atomic E-state index is -2.43. The van der Waals surface area contributed by atoms with Crippen molar-refractivity contribution in [1.82, 2.24) is 0 Å². The molecule has 0 saturated heterocycles. The number of benzene rings is 1. The van der Waals surface area contributed by atoms with Crippen molar-refractivity contribution < 1.29 is 4.39 Å². The van der Waals surface area contributed by atoms with Crippen LogP contribution in [0.15, 0.2) is 23.1 Å². The summed E-state index contributed by atoms with van der Waals surface area (Å²) in [5.41, 5.74) is 6.01. The summed E-state index contributed by atoms with van der Waals surface area (Å²) in [6, 6.07) is 4.98. The van der Waals surface area contributed by atoms with Gasteiger partial charge in [-0.05, 0) is 49.5 Å². The van der Waals surface area contributed by atoms with Crippen molar-refractivity contribution in [1.29, 1.82) is 0 Å². The van der Waals surface area contributed by atoms with E-state index in [9.17, 15) is 4.39 Å². The Bertz CT molecular complexity index is 375. The molecule has 0 spiro atoms. The summed E-state index contributed by atoms with van der Waals surface area (Å²) in [5, 5.41) is 0. The van der Waals surface area contributed by atoms with Crippen molar-refractivity contribution in [3.63, 3.8) is 0 Å². The molecule has 82 valence electrons. The van der Waals surface area contributed by atoms with Crippen molar-refractivity contribution in [2.75, 3.05) is 37.0 Å². The molecule has 0 amide bonds. The lowest BCUT2D eigenvalue weighted by molar-refractivity contribution is 0.600. The number of halogens is 1. The maximum atomic E-state index is 13.8. The smallest absolute Gasteiger partial charge is 0.136 e. The molecule has 2 N–H and O–H groups in total. The largest absolute Gasteiger partial charge is 0.399 e. The lowest BCUT2D eigenvalue weighted by atomic mass is 10.3. The zero-order valence-electron chi connectivity index (χ0n) is 9.60. The van der Waals surface area contributed by atoms with Gasteiger partial charge in [-0.3, -0.25) is 8.29 Å². The highest BCUT2D eigenvalue weighted by atomic mass is 32.4. The SMILES string of the molecule is CS(C)(C)(C)(C)c1ccc(N)cc1F. The maximum Gasteiger partial charge on any atom is 0.136 e. The van der Waals surface area contributed by atoms with E-state index in [2.05, 4.69) is 31.3 Å². The molecule has 0 radical (unpaired) electrons. The van der Waals surface area contributed by atoms with E-state index in [1.165, 1.54) is 6.07 Å². The van der Waals surface area contributed by atoms with Crippen molar-refractivity contribution in [3.8, 4) is 0 Å². The number of hydrogen-bond donors (Lipinski definition) is 1. The molecular weight excluding hydrogens is 197 g/mol. The molecule has 0 unspecified atom stereocenters. The molecule has 1 aromatic carbocycles. The summed E-state index contributed by atoms with van der Waals surface area (Å²) < 4.78 is 13.8. The summed E-state index contributed by atoms with van der Waals surface area (Å²) >= 11 is 0. The molecule has 3 heteroatoms. The summed E-state index contributed by atoms with van der Waals surface area (Å²) in [6.45, 7) is 0. The molecule has 0 atom stereocenters. The molecule has 0 heterocycles. The minimum absolute atomic E-state index is 0.191. The van der Waals surface area contributed by atoms with Crippen LogP contribution in [0.5, 0.6) is 0 Å². The first kappa shape index (κ1) is 11.4. The molecule has 1 aromatic rings. The highest BCUT2D eigenvalue weighted by Gasteiger charge is 2.41. The Balaban J connectivity index is 3.51. The van der Waals surface area contributed by atoms with Crippen LogP contribution in [0.25, 0.3) is 0 Å². The molecule has 1 nitrogen and oxygen atoms in total. The quantitative estimate of drug-likeness (QED) is 0.719. The molecule has 0 aliphatic heterocycles. The Morgan fingerprint density at radius 1 is 1.07 bits per heavy atom. The van der Waals surface area contributed by atoms with Crippen molar-refractivity contribution in [3.05, 3.63) is 24.0 Å². The third-order valence-corrected chi connectivity index (χ3v) is 4.59. The molecule has 0 fully saturated rings. The van der Waals surface area contributed by atoms with E-state index in [1.54, 1.807) is 6.07 Å². The van der Waals surface area contributed by atoms with Crippen LogP contribution in [0.1, 0.15) is 0 Å². The lowest BCUT2D eigenvalue weighted by Gasteiger charge is -2.66. The van der Waals surface area contributed by atoms with Crippen molar-refractivity contribution in [2.45, 2.75) is 4.90 Å². The Morgan fingerprint density at radius 2 is 1.57 bits per heavy atom. The first-order valence-corrected chi connectivity index (χ1v) is 8.95. The third-order valence-electron chi connectivity index (χ3n) is 2.06. The van der Waals surface area contributed by atoms with Gasteiger partial charge in [0.15, 0.2) is 0 Å². The molecule has 0 saturated carbocycles. The lowest BCUT2D eigenvalue weighted by Crippen LogP contribution is -2.30. The number of nitrogens with two attached hydrogens (primary N) is 1. The highest BCUT2D eigenvalue weighted by Crippen LogP contribution is 2.81. The van der Waals surface area contributed by atoms with E-state index < -0.39 is 8.29 Å². The normalized spacial score (nSPS) is 17.3. The van der Waals surface area contributed by atoms with E-state index >= 15 is 0 Å². The van der Waals surface area contributed by atoms with Gasteiger partial charge in [-0.15, -0.1) is 0 Å². The number of rotatable bonds is 1. The van der Waals surface area contributed by atoms with Crippen LogP contribution in [0.2, 0.25) is 0 Å². The molecule has 0 aliphatic rings. The average molecular weight is 217 g/mol. The first-order chi connectivity index (χ1) is 5.90. The van der Waals surface area contributed by atoms with Gasteiger partial charge in [0.05, 0.1) is 0 Å². The van der Waals surface area contributed by atoms with Crippen LogP contribution >= 0.6 is 8.29 Å². The first-order valence-electron chi connectivity index (χ1n) is 4.46. The third kappa shape index (κ3) is 2.41. The number of anilines is 1. The minimum Gasteiger partial charge on any atom is -0.399 e. The van der Waals surface area contributed by atoms with Gasteiger partial charge < -0.3 is 5.73 Å². The van der Waals surface area contributed by atoms with Gasteiger partial charge in [0.25, 0.3) is 0 Å². The van der Waals surface area contributed by atoms with Crippen molar-refractivity contribution in [2.24, 2.45) is 0 Å². The zero-order chi connectivity index (χ0) is 11.3. The van der Waals surface area contributed by atoms with Gasteiger partial charge in [-0.25, -0.2) is 4.39 Å². The van der Waals surface area contributed by atoms with E-state index in [0.29, 0.717) is 5.69 Å². The second-order valence-corrected chi connectivity index (χ2v) is 17.4. The fourth-order valence-corrected chi connectivity index (χ4v) is 3.13. The fraction of sp³-hybridized carbons (Fsp3) is 0.455. The molecule has 0 bridgehead atoms. The standard InChI is InChI=1S/C11H20FNS/c1-14(2,3,4,5)11-7-6-9(13)8-10(11)12/h6-8H,13H2,1-5H3. The Morgan fingerprint density at radius 3 is 1.93 bits per heavy atom. The molecule has 14 heavy (non-hydrogen) atoms. The van der Waals surface area contributed by atoms with Gasteiger partial charge in [-0.2, -0.15) is 0 Å². The van der Waals surface area contributed by atoms with Crippen LogP contribution in [-0.4, -0.2) is 31.3 Å². The zero-order valence-corrected chi connectivity index (χ0v) is 10.4. The summed E-state index contributed by atoms with van der Waals surface area (Å²) in [4.78, 5) is 0.791. The highest BCUT2D eigenvalue weighted by molar-refractivity contribution is 8.62. The Kier molecular flexibility index (Phi) is 1.84. The molecule has 0 aliphatic carbocycles. The van der Waals surface area contributed by atoms with Gasteiger partial charge in [0, 0.05) is 10.6 Å². The predicted molar refractivity (Wildman–Crippen MR) is 66.3 cm³/mol. The van der Waals surface area contributed by atoms with Crippen LogP contribution in [0, 0.1) is 5.82 Å². The second kappa shape index (κ2) is 2.27. The van der Waals surface area contributed by atoms with Gasteiger partial charge in [0.2, 0.25) is 0 Å². The van der Waals surface area contributed by atoms with E-state index in [1.807, 2.05) is 6.07 Å². The van der Waals surface area contributed by atoms with Gasteiger partial charge in [0.1, 0.15) is 5.82 Å². The van der Waals surface area contributed by atoms with E-state index in [4.69, 9.17) is 5.73 Å². The fourth-order valence-electron chi connectivity index (χ4n) is 1.34. The second-order valence-electron chi connectivity index (χ2n) is 6.79. The Hall–Kier alpha value is -0.700.